The maximum absolute atomic E-state index is 14.5. The SMILES string of the molecule is CCOc1c(Nc2ncc(F)c(Nc3ccc4c(cnn4CC(=O)OC)c3)n2)ccc2c1CC2. The van der Waals surface area contributed by atoms with Crippen molar-refractivity contribution in [2.45, 2.75) is 26.3 Å². The molecule has 2 aromatic heterocycles. The molecule has 2 aromatic carbocycles. The highest BCUT2D eigenvalue weighted by Crippen LogP contribution is 2.39. The second-order valence-corrected chi connectivity index (χ2v) is 7.81. The molecule has 2 N–H and O–H groups in total. The van der Waals surface area contributed by atoms with Crippen molar-refractivity contribution in [1.29, 1.82) is 0 Å². The number of aromatic nitrogens is 4. The largest absolute Gasteiger partial charge is 0.491 e. The third kappa shape index (κ3) is 4.09. The number of nitrogens with one attached hydrogen (secondary N) is 2. The van der Waals surface area contributed by atoms with Crippen molar-refractivity contribution >= 4 is 40.0 Å². The van der Waals surface area contributed by atoms with Crippen molar-refractivity contribution in [3.05, 3.63) is 59.7 Å². The van der Waals surface area contributed by atoms with Crippen molar-refractivity contribution in [3.63, 3.8) is 0 Å². The average Bonchev–Trinajstić information content (AvgIpc) is 3.20. The summed E-state index contributed by atoms with van der Waals surface area (Å²) in [6.07, 6.45) is 4.76. The number of esters is 1. The van der Waals surface area contributed by atoms with Gasteiger partial charge in [0, 0.05) is 11.1 Å². The maximum atomic E-state index is 14.5. The highest BCUT2D eigenvalue weighted by atomic mass is 19.1. The molecule has 0 bridgehead atoms. The van der Waals surface area contributed by atoms with Crippen LogP contribution in [0.25, 0.3) is 10.9 Å². The lowest BCUT2D eigenvalue weighted by molar-refractivity contribution is -0.141. The lowest BCUT2D eigenvalue weighted by Crippen LogP contribution is -2.13. The molecule has 0 aliphatic heterocycles. The second kappa shape index (κ2) is 8.97. The molecule has 1 aliphatic rings. The Morgan fingerprint density at radius 2 is 2.06 bits per heavy atom. The molecular formula is C24H23FN6O3. The molecule has 0 radical (unpaired) electrons. The molecule has 0 spiro atoms. The molecule has 4 aromatic rings. The zero-order valence-electron chi connectivity index (χ0n) is 18.8. The molecule has 5 rings (SSSR count). The monoisotopic (exact) mass is 462 g/mol. The van der Waals surface area contributed by atoms with Crippen molar-refractivity contribution in [3.8, 4) is 5.75 Å². The lowest BCUT2D eigenvalue weighted by Gasteiger charge is -2.24. The van der Waals surface area contributed by atoms with Crippen LogP contribution in [-0.4, -0.2) is 39.4 Å². The van der Waals surface area contributed by atoms with Crippen LogP contribution < -0.4 is 15.4 Å². The van der Waals surface area contributed by atoms with Crippen LogP contribution in [0.1, 0.15) is 18.1 Å². The standard InChI is InChI=1S/C24H23FN6O3/c1-3-34-22-17-7-4-14(17)5-8-19(22)29-24-26-12-18(25)23(30-24)28-16-6-9-20-15(10-16)11-27-31(20)13-21(32)33-2/h5-6,8-12H,3-4,7,13H2,1-2H3,(H2,26,28,29,30). The molecule has 10 heteroatoms. The summed E-state index contributed by atoms with van der Waals surface area (Å²) in [6.45, 7) is 2.49. The molecule has 174 valence electrons. The van der Waals surface area contributed by atoms with Gasteiger partial charge in [-0.15, -0.1) is 0 Å². The summed E-state index contributed by atoms with van der Waals surface area (Å²) in [4.78, 5) is 20.0. The minimum atomic E-state index is -0.589. The minimum Gasteiger partial charge on any atom is -0.491 e. The Balaban J connectivity index is 1.38. The van der Waals surface area contributed by atoms with Gasteiger partial charge in [-0.05, 0) is 55.2 Å². The topological polar surface area (TPSA) is 103 Å². The summed E-state index contributed by atoms with van der Waals surface area (Å²) in [5.74, 6) is 0.0876. The van der Waals surface area contributed by atoms with E-state index in [2.05, 4.69) is 31.8 Å². The van der Waals surface area contributed by atoms with E-state index in [0.717, 1.165) is 41.4 Å². The smallest absolute Gasteiger partial charge is 0.327 e. The number of anilines is 4. The van der Waals surface area contributed by atoms with Crippen molar-refractivity contribution in [2.24, 2.45) is 0 Å². The van der Waals surface area contributed by atoms with Crippen LogP contribution in [0.4, 0.5) is 27.5 Å². The van der Waals surface area contributed by atoms with E-state index in [4.69, 9.17) is 9.47 Å². The van der Waals surface area contributed by atoms with Gasteiger partial charge in [0.2, 0.25) is 5.95 Å². The molecule has 0 amide bonds. The van der Waals surface area contributed by atoms with Gasteiger partial charge >= 0.3 is 5.97 Å². The Morgan fingerprint density at radius 1 is 1.18 bits per heavy atom. The fourth-order valence-corrected chi connectivity index (χ4v) is 3.92. The quantitative estimate of drug-likeness (QED) is 0.377. The van der Waals surface area contributed by atoms with Crippen LogP contribution in [0.15, 0.2) is 42.7 Å². The molecule has 0 saturated carbocycles. The first kappa shape index (κ1) is 21.6. The Labute approximate surface area is 194 Å². The number of fused-ring (bicyclic) bond motifs is 2. The molecule has 0 fully saturated rings. The number of hydrogen-bond donors (Lipinski definition) is 2. The summed E-state index contributed by atoms with van der Waals surface area (Å²) in [5.41, 5.74) is 4.59. The Morgan fingerprint density at radius 3 is 2.82 bits per heavy atom. The van der Waals surface area contributed by atoms with Gasteiger partial charge in [0.15, 0.2) is 11.6 Å². The first-order valence-corrected chi connectivity index (χ1v) is 10.9. The summed E-state index contributed by atoms with van der Waals surface area (Å²) in [6, 6.07) is 9.35. The van der Waals surface area contributed by atoms with Crippen LogP contribution >= 0.6 is 0 Å². The first-order valence-electron chi connectivity index (χ1n) is 10.9. The van der Waals surface area contributed by atoms with Crippen LogP contribution in [0.5, 0.6) is 5.75 Å². The highest BCUT2D eigenvalue weighted by molar-refractivity contribution is 5.84. The maximum Gasteiger partial charge on any atom is 0.327 e. The predicted molar refractivity (Wildman–Crippen MR) is 125 cm³/mol. The second-order valence-electron chi connectivity index (χ2n) is 7.81. The van der Waals surface area contributed by atoms with E-state index in [-0.39, 0.29) is 18.3 Å². The molecule has 2 heterocycles. The zero-order chi connectivity index (χ0) is 23.7. The highest BCUT2D eigenvalue weighted by Gasteiger charge is 2.22. The van der Waals surface area contributed by atoms with Gasteiger partial charge in [0.05, 0.1) is 37.3 Å². The number of methoxy groups -OCH3 is 1. The Hall–Kier alpha value is -4.21. The number of aryl methyl sites for hydroxylation is 1. The van der Waals surface area contributed by atoms with Gasteiger partial charge in [-0.2, -0.15) is 10.1 Å². The first-order chi connectivity index (χ1) is 16.6. The summed E-state index contributed by atoms with van der Waals surface area (Å²) in [5, 5.41) is 11.2. The molecule has 34 heavy (non-hydrogen) atoms. The zero-order valence-corrected chi connectivity index (χ0v) is 18.8. The number of carbonyl (C=O) groups is 1. The van der Waals surface area contributed by atoms with Gasteiger partial charge in [-0.1, -0.05) is 6.07 Å². The molecule has 0 unspecified atom stereocenters. The summed E-state index contributed by atoms with van der Waals surface area (Å²) in [7, 11) is 1.33. The van der Waals surface area contributed by atoms with E-state index in [9.17, 15) is 9.18 Å². The van der Waals surface area contributed by atoms with Gasteiger partial charge in [0.1, 0.15) is 12.3 Å². The molecule has 0 saturated heterocycles. The van der Waals surface area contributed by atoms with Gasteiger partial charge in [-0.25, -0.2) is 9.37 Å². The number of carbonyl (C=O) groups excluding carboxylic acids is 1. The number of rotatable bonds is 8. The van der Waals surface area contributed by atoms with Crippen molar-refractivity contribution in [2.75, 3.05) is 24.4 Å². The molecule has 9 nitrogen and oxygen atoms in total. The van der Waals surface area contributed by atoms with Crippen molar-refractivity contribution in [1.82, 2.24) is 19.7 Å². The average molecular weight is 462 g/mol. The van der Waals surface area contributed by atoms with Gasteiger partial charge in [0.25, 0.3) is 0 Å². The number of nitrogens with zero attached hydrogens (tertiary/aromatic N) is 4. The van der Waals surface area contributed by atoms with E-state index in [1.165, 1.54) is 18.2 Å². The van der Waals surface area contributed by atoms with Gasteiger partial charge in [-0.3, -0.25) is 9.48 Å². The van der Waals surface area contributed by atoms with Gasteiger partial charge < -0.3 is 20.1 Å². The van der Waals surface area contributed by atoms with E-state index in [1.807, 2.05) is 13.0 Å². The lowest BCUT2D eigenvalue weighted by atomic mass is 9.87. The molecule has 1 aliphatic carbocycles. The normalized spacial score (nSPS) is 12.1. The predicted octanol–water partition coefficient (Wildman–Crippen LogP) is 4.12. The van der Waals surface area contributed by atoms with E-state index in [1.54, 1.807) is 29.1 Å². The van der Waals surface area contributed by atoms with Crippen molar-refractivity contribution < 1.29 is 18.7 Å². The van der Waals surface area contributed by atoms with Crippen LogP contribution in [0.2, 0.25) is 0 Å². The number of hydrogen-bond acceptors (Lipinski definition) is 8. The fraction of sp³-hybridized carbons (Fsp3) is 0.250. The molecular weight excluding hydrogens is 439 g/mol. The Bertz CT molecular complexity index is 1390. The third-order valence-corrected chi connectivity index (χ3v) is 5.69. The van der Waals surface area contributed by atoms with Crippen LogP contribution in [-0.2, 0) is 28.9 Å². The number of ether oxygens (including phenoxy) is 2. The minimum absolute atomic E-state index is 0.00870. The van der Waals surface area contributed by atoms with Crippen LogP contribution in [0.3, 0.4) is 0 Å². The summed E-state index contributed by atoms with van der Waals surface area (Å²) < 4.78 is 26.6. The number of halogens is 1. The van der Waals surface area contributed by atoms with E-state index in [0.29, 0.717) is 12.3 Å². The van der Waals surface area contributed by atoms with E-state index >= 15 is 0 Å². The summed E-state index contributed by atoms with van der Waals surface area (Å²) >= 11 is 0. The molecule has 0 atom stereocenters. The fourth-order valence-electron chi connectivity index (χ4n) is 3.92. The van der Waals surface area contributed by atoms with Crippen LogP contribution in [0, 0.1) is 5.82 Å². The Kier molecular flexibility index (Phi) is 5.70. The number of benzene rings is 2. The van der Waals surface area contributed by atoms with E-state index < -0.39 is 11.8 Å². The third-order valence-electron chi connectivity index (χ3n) is 5.69.